The van der Waals surface area contributed by atoms with Gasteiger partial charge in [0, 0.05) is 48.5 Å². The maximum Gasteiger partial charge on any atom is 0.253 e. The Bertz CT molecular complexity index is 1240. The lowest BCUT2D eigenvalue weighted by Gasteiger charge is -2.34. The normalized spacial score (nSPS) is 14.2. The number of carbonyl (C=O) groups excluding carboxylic acids is 1. The van der Waals surface area contributed by atoms with E-state index < -0.39 is 0 Å². The van der Waals surface area contributed by atoms with Gasteiger partial charge in [-0.2, -0.15) is 4.98 Å². The third kappa shape index (κ3) is 5.24. The zero-order chi connectivity index (χ0) is 23.3. The fourth-order valence-corrected chi connectivity index (χ4v) is 3.85. The number of benzene rings is 2. The van der Waals surface area contributed by atoms with Crippen LogP contribution >= 0.6 is 11.6 Å². The molecule has 5 rings (SSSR count). The number of nitrogens with zero attached hydrogens (tertiary/aromatic N) is 5. The van der Waals surface area contributed by atoms with Crippen LogP contribution in [0, 0.1) is 0 Å². The number of pyridine rings is 1. The smallest absolute Gasteiger partial charge is 0.253 e. The molecule has 1 saturated heterocycles. The summed E-state index contributed by atoms with van der Waals surface area (Å²) in [5.41, 5.74) is 1.49. The summed E-state index contributed by atoms with van der Waals surface area (Å²) in [6.45, 7) is 3.26. The fraction of sp³-hybridized carbons (Fsp3) is 0.200. The van der Waals surface area contributed by atoms with Crippen LogP contribution in [-0.2, 0) is 6.54 Å². The molecule has 0 spiro atoms. The van der Waals surface area contributed by atoms with E-state index in [0.29, 0.717) is 53.4 Å². The minimum Gasteiger partial charge on any atom is -0.456 e. The van der Waals surface area contributed by atoms with Crippen molar-refractivity contribution in [1.29, 1.82) is 0 Å². The first kappa shape index (κ1) is 22.1. The van der Waals surface area contributed by atoms with Gasteiger partial charge in [0.25, 0.3) is 5.91 Å². The molecule has 8 nitrogen and oxygen atoms in total. The molecule has 0 atom stereocenters. The third-order valence-corrected chi connectivity index (χ3v) is 5.81. The first-order chi connectivity index (χ1) is 16.6. The number of carbonyl (C=O) groups is 1. The van der Waals surface area contributed by atoms with Crippen molar-refractivity contribution in [2.45, 2.75) is 6.54 Å². The van der Waals surface area contributed by atoms with E-state index >= 15 is 0 Å². The van der Waals surface area contributed by atoms with Gasteiger partial charge in [-0.1, -0.05) is 16.8 Å². The highest BCUT2D eigenvalue weighted by Crippen LogP contribution is 2.22. The lowest BCUT2D eigenvalue weighted by molar-refractivity contribution is 0.0615. The second-order valence-corrected chi connectivity index (χ2v) is 8.34. The molecule has 0 bridgehead atoms. The topological polar surface area (TPSA) is 84.6 Å². The van der Waals surface area contributed by atoms with Gasteiger partial charge in [0.2, 0.25) is 11.7 Å². The SMILES string of the molecule is O=C(c1ccc(Oc2cccnc2)cc1)N1CCN(Cc2nc(-c3ccc(Cl)cc3)no2)CC1. The summed E-state index contributed by atoms with van der Waals surface area (Å²) in [6, 6.07) is 18.1. The van der Waals surface area contributed by atoms with Crippen LogP contribution in [0.1, 0.15) is 16.2 Å². The molecule has 2 aromatic heterocycles. The Morgan fingerprint density at radius 3 is 2.44 bits per heavy atom. The van der Waals surface area contributed by atoms with Crippen molar-refractivity contribution in [3.63, 3.8) is 0 Å². The zero-order valence-corrected chi connectivity index (χ0v) is 19.1. The highest BCUT2D eigenvalue weighted by Gasteiger charge is 2.23. The number of ether oxygens (including phenoxy) is 1. The van der Waals surface area contributed by atoms with Crippen LogP contribution in [0.15, 0.2) is 77.6 Å². The molecular formula is C25H22ClN5O3. The van der Waals surface area contributed by atoms with E-state index in [1.807, 2.05) is 29.2 Å². The molecule has 1 amide bonds. The summed E-state index contributed by atoms with van der Waals surface area (Å²) in [5, 5.41) is 4.72. The number of aromatic nitrogens is 3. The number of hydrogen-bond acceptors (Lipinski definition) is 7. The van der Waals surface area contributed by atoms with E-state index in [9.17, 15) is 4.79 Å². The first-order valence-electron chi connectivity index (χ1n) is 10.9. The van der Waals surface area contributed by atoms with Gasteiger partial charge in [-0.25, -0.2) is 0 Å². The summed E-state index contributed by atoms with van der Waals surface area (Å²) in [7, 11) is 0. The van der Waals surface area contributed by atoms with Crippen LogP contribution in [0.3, 0.4) is 0 Å². The highest BCUT2D eigenvalue weighted by molar-refractivity contribution is 6.30. The zero-order valence-electron chi connectivity index (χ0n) is 18.3. The van der Waals surface area contributed by atoms with Crippen LogP contribution in [0.5, 0.6) is 11.5 Å². The van der Waals surface area contributed by atoms with Gasteiger partial charge >= 0.3 is 0 Å². The Morgan fingerprint density at radius 1 is 0.971 bits per heavy atom. The minimum atomic E-state index is 0.00962. The summed E-state index contributed by atoms with van der Waals surface area (Å²) >= 11 is 5.94. The molecule has 1 aliphatic rings. The lowest BCUT2D eigenvalue weighted by atomic mass is 10.1. The van der Waals surface area contributed by atoms with Gasteiger partial charge in [-0.15, -0.1) is 0 Å². The second kappa shape index (κ2) is 10.0. The predicted molar refractivity (Wildman–Crippen MR) is 127 cm³/mol. The van der Waals surface area contributed by atoms with E-state index in [1.165, 1.54) is 0 Å². The van der Waals surface area contributed by atoms with Crippen molar-refractivity contribution in [2.75, 3.05) is 26.2 Å². The Morgan fingerprint density at radius 2 is 1.74 bits per heavy atom. The largest absolute Gasteiger partial charge is 0.456 e. The van der Waals surface area contributed by atoms with Gasteiger partial charge in [0.05, 0.1) is 12.7 Å². The van der Waals surface area contributed by atoms with Crippen LogP contribution < -0.4 is 4.74 Å². The molecule has 34 heavy (non-hydrogen) atoms. The first-order valence-corrected chi connectivity index (χ1v) is 11.3. The summed E-state index contributed by atoms with van der Waals surface area (Å²) in [4.78, 5) is 25.5. The standard InChI is InChI=1S/C25H22ClN5O3/c26-20-7-3-18(4-8-20)24-28-23(34-29-24)17-30-12-14-31(15-13-30)25(32)19-5-9-21(10-6-19)33-22-2-1-11-27-16-22/h1-11,16H,12-15,17H2. The molecule has 2 aromatic carbocycles. The van der Waals surface area contributed by atoms with Crippen molar-refractivity contribution < 1.29 is 14.1 Å². The average Bonchev–Trinajstić information content (AvgIpc) is 3.34. The molecule has 0 aliphatic carbocycles. The molecule has 0 N–H and O–H groups in total. The van der Waals surface area contributed by atoms with Crippen molar-refractivity contribution in [1.82, 2.24) is 24.9 Å². The van der Waals surface area contributed by atoms with Crippen LogP contribution in [-0.4, -0.2) is 57.0 Å². The van der Waals surface area contributed by atoms with Gasteiger partial charge in [-0.3, -0.25) is 14.7 Å². The molecular weight excluding hydrogens is 454 g/mol. The van der Waals surface area contributed by atoms with Crippen molar-refractivity contribution in [3.8, 4) is 22.9 Å². The van der Waals surface area contributed by atoms with E-state index in [-0.39, 0.29) is 5.91 Å². The van der Waals surface area contributed by atoms with Crippen LogP contribution in [0.25, 0.3) is 11.4 Å². The quantitative estimate of drug-likeness (QED) is 0.405. The van der Waals surface area contributed by atoms with E-state index in [1.54, 1.807) is 48.8 Å². The third-order valence-electron chi connectivity index (χ3n) is 5.56. The fourth-order valence-electron chi connectivity index (χ4n) is 3.73. The van der Waals surface area contributed by atoms with Gasteiger partial charge in [-0.05, 0) is 60.7 Å². The Labute approximate surface area is 201 Å². The lowest BCUT2D eigenvalue weighted by Crippen LogP contribution is -2.48. The molecule has 1 aliphatic heterocycles. The van der Waals surface area contributed by atoms with Gasteiger partial charge in [0.1, 0.15) is 11.5 Å². The predicted octanol–water partition coefficient (Wildman–Crippen LogP) is 4.54. The Balaban J connectivity index is 1.13. The van der Waals surface area contributed by atoms with E-state index in [2.05, 4.69) is 20.0 Å². The molecule has 1 fully saturated rings. The average molecular weight is 476 g/mol. The van der Waals surface area contributed by atoms with Gasteiger partial charge < -0.3 is 14.2 Å². The summed E-state index contributed by atoms with van der Waals surface area (Å²) in [6.07, 6.45) is 3.33. The summed E-state index contributed by atoms with van der Waals surface area (Å²) in [5.74, 6) is 2.41. The highest BCUT2D eigenvalue weighted by atomic mass is 35.5. The molecule has 9 heteroatoms. The second-order valence-electron chi connectivity index (χ2n) is 7.90. The number of hydrogen-bond donors (Lipinski definition) is 0. The molecule has 172 valence electrons. The van der Waals surface area contributed by atoms with E-state index in [4.69, 9.17) is 20.9 Å². The molecule has 4 aromatic rings. The van der Waals surface area contributed by atoms with Crippen LogP contribution in [0.2, 0.25) is 5.02 Å². The number of rotatable bonds is 6. The van der Waals surface area contributed by atoms with Crippen LogP contribution in [0.4, 0.5) is 0 Å². The number of piperazine rings is 1. The number of halogens is 1. The van der Waals surface area contributed by atoms with E-state index in [0.717, 1.165) is 18.7 Å². The maximum absolute atomic E-state index is 12.9. The molecule has 0 unspecified atom stereocenters. The van der Waals surface area contributed by atoms with Crippen molar-refractivity contribution >= 4 is 17.5 Å². The monoisotopic (exact) mass is 475 g/mol. The van der Waals surface area contributed by atoms with Gasteiger partial charge in [0.15, 0.2) is 0 Å². The molecule has 0 saturated carbocycles. The Hall–Kier alpha value is -3.75. The summed E-state index contributed by atoms with van der Waals surface area (Å²) < 4.78 is 11.2. The van der Waals surface area contributed by atoms with Crippen molar-refractivity contribution in [2.24, 2.45) is 0 Å². The maximum atomic E-state index is 12.9. The Kier molecular flexibility index (Phi) is 6.51. The molecule has 0 radical (unpaired) electrons. The minimum absolute atomic E-state index is 0.00962. The van der Waals surface area contributed by atoms with Crippen molar-refractivity contribution in [3.05, 3.63) is 89.5 Å². The molecule has 3 heterocycles. The number of amides is 1.